The summed E-state index contributed by atoms with van der Waals surface area (Å²) in [7, 11) is 0. The zero-order valence-electron chi connectivity index (χ0n) is 9.83. The van der Waals surface area contributed by atoms with Crippen molar-refractivity contribution in [3.05, 3.63) is 5.69 Å². The van der Waals surface area contributed by atoms with Crippen molar-refractivity contribution in [2.45, 2.75) is 33.2 Å². The molecule has 0 saturated heterocycles. The van der Waals surface area contributed by atoms with Crippen LogP contribution in [-0.4, -0.2) is 28.0 Å². The fraction of sp³-hybridized carbons (Fsp3) is 0.700. The van der Waals surface area contributed by atoms with Crippen molar-refractivity contribution in [3.8, 4) is 0 Å². The van der Waals surface area contributed by atoms with E-state index in [1.54, 1.807) is 0 Å². The van der Waals surface area contributed by atoms with Gasteiger partial charge in [0.1, 0.15) is 5.82 Å². The van der Waals surface area contributed by atoms with Gasteiger partial charge in [0.15, 0.2) is 0 Å². The van der Waals surface area contributed by atoms with E-state index in [1.807, 2.05) is 11.6 Å². The van der Waals surface area contributed by atoms with Crippen LogP contribution in [0, 0.1) is 6.92 Å². The minimum Gasteiger partial charge on any atom is -0.395 e. The average Bonchev–Trinajstić information content (AvgIpc) is 2.40. The molecule has 0 unspecified atom stereocenters. The molecular formula is C10H20N4O. The summed E-state index contributed by atoms with van der Waals surface area (Å²) in [5.41, 5.74) is 7.25. The Bertz CT molecular complexity index is 338. The Kier molecular flexibility index (Phi) is 3.24. The first-order chi connectivity index (χ1) is 6.88. The van der Waals surface area contributed by atoms with Crippen LogP contribution in [0.5, 0.6) is 0 Å². The summed E-state index contributed by atoms with van der Waals surface area (Å²) < 4.78 is 1.85. The highest BCUT2D eigenvalue weighted by molar-refractivity contribution is 5.65. The number of nitrogen functional groups attached to an aromatic ring is 1. The summed E-state index contributed by atoms with van der Waals surface area (Å²) in [6.45, 7) is 8.61. The van der Waals surface area contributed by atoms with Gasteiger partial charge in [-0.1, -0.05) is 0 Å². The van der Waals surface area contributed by atoms with Gasteiger partial charge in [-0.25, -0.2) is 4.68 Å². The summed E-state index contributed by atoms with van der Waals surface area (Å²) in [6.07, 6.45) is 0. The van der Waals surface area contributed by atoms with Gasteiger partial charge in [0.25, 0.3) is 0 Å². The Labute approximate surface area is 90.3 Å². The van der Waals surface area contributed by atoms with Gasteiger partial charge in [-0.05, 0) is 27.7 Å². The molecule has 86 valence electrons. The number of aliphatic hydroxyl groups excluding tert-OH is 1. The van der Waals surface area contributed by atoms with E-state index in [2.05, 4.69) is 31.2 Å². The van der Waals surface area contributed by atoms with Crippen LogP contribution in [0.1, 0.15) is 26.5 Å². The third kappa shape index (κ3) is 2.41. The number of nitrogens with one attached hydrogen (secondary N) is 1. The molecule has 0 aliphatic heterocycles. The maximum atomic E-state index is 8.79. The van der Waals surface area contributed by atoms with Crippen LogP contribution in [-0.2, 0) is 5.54 Å². The SMILES string of the molecule is Cc1nn(C(C)(C)C)c(NCCO)c1N. The topological polar surface area (TPSA) is 76.1 Å². The first-order valence-electron chi connectivity index (χ1n) is 5.08. The van der Waals surface area contributed by atoms with Gasteiger partial charge >= 0.3 is 0 Å². The van der Waals surface area contributed by atoms with E-state index >= 15 is 0 Å². The molecule has 0 saturated carbocycles. The molecule has 1 aromatic heterocycles. The summed E-state index contributed by atoms with van der Waals surface area (Å²) in [5, 5.41) is 16.3. The molecule has 1 aromatic rings. The van der Waals surface area contributed by atoms with E-state index < -0.39 is 0 Å². The predicted molar refractivity (Wildman–Crippen MR) is 61.9 cm³/mol. The van der Waals surface area contributed by atoms with Gasteiger partial charge in [0.05, 0.1) is 23.5 Å². The number of anilines is 2. The van der Waals surface area contributed by atoms with E-state index in [4.69, 9.17) is 10.8 Å². The molecule has 5 heteroatoms. The maximum absolute atomic E-state index is 8.79. The highest BCUT2D eigenvalue weighted by Crippen LogP contribution is 2.27. The van der Waals surface area contributed by atoms with Gasteiger partial charge < -0.3 is 16.2 Å². The Morgan fingerprint density at radius 2 is 2.07 bits per heavy atom. The number of aryl methyl sites for hydroxylation is 1. The molecule has 0 amide bonds. The summed E-state index contributed by atoms with van der Waals surface area (Å²) >= 11 is 0. The Hall–Kier alpha value is -1.23. The highest BCUT2D eigenvalue weighted by Gasteiger charge is 2.21. The molecule has 0 spiro atoms. The molecule has 0 aliphatic carbocycles. The van der Waals surface area contributed by atoms with E-state index in [0.29, 0.717) is 12.2 Å². The largest absolute Gasteiger partial charge is 0.395 e. The molecule has 1 heterocycles. The molecule has 0 atom stereocenters. The molecule has 5 nitrogen and oxygen atoms in total. The molecule has 0 aliphatic rings. The molecular weight excluding hydrogens is 192 g/mol. The van der Waals surface area contributed by atoms with Crippen molar-refractivity contribution < 1.29 is 5.11 Å². The lowest BCUT2D eigenvalue weighted by atomic mass is 10.1. The van der Waals surface area contributed by atoms with Gasteiger partial charge in [0, 0.05) is 6.54 Å². The van der Waals surface area contributed by atoms with E-state index in [9.17, 15) is 0 Å². The fourth-order valence-corrected chi connectivity index (χ4v) is 1.37. The Morgan fingerprint density at radius 1 is 1.47 bits per heavy atom. The van der Waals surface area contributed by atoms with Crippen LogP contribution in [0.4, 0.5) is 11.5 Å². The lowest BCUT2D eigenvalue weighted by Gasteiger charge is -2.22. The molecule has 0 radical (unpaired) electrons. The lowest BCUT2D eigenvalue weighted by Crippen LogP contribution is -2.26. The van der Waals surface area contributed by atoms with E-state index in [1.165, 1.54) is 0 Å². The van der Waals surface area contributed by atoms with Crippen molar-refractivity contribution in [1.29, 1.82) is 0 Å². The number of rotatable bonds is 3. The molecule has 4 N–H and O–H groups in total. The zero-order chi connectivity index (χ0) is 11.6. The van der Waals surface area contributed by atoms with Crippen LogP contribution < -0.4 is 11.1 Å². The Morgan fingerprint density at radius 3 is 2.53 bits per heavy atom. The summed E-state index contributed by atoms with van der Waals surface area (Å²) in [6, 6.07) is 0. The standard InChI is InChI=1S/C10H20N4O/c1-7-8(11)9(12-5-6-15)14(13-7)10(2,3)4/h12,15H,5-6,11H2,1-4H3. The maximum Gasteiger partial charge on any atom is 0.148 e. The fourth-order valence-electron chi connectivity index (χ4n) is 1.37. The number of hydrogen-bond acceptors (Lipinski definition) is 4. The lowest BCUT2D eigenvalue weighted by molar-refractivity contribution is 0.309. The van der Waals surface area contributed by atoms with E-state index in [-0.39, 0.29) is 12.1 Å². The van der Waals surface area contributed by atoms with Crippen LogP contribution in [0.25, 0.3) is 0 Å². The van der Waals surface area contributed by atoms with Crippen molar-refractivity contribution in [3.63, 3.8) is 0 Å². The minimum absolute atomic E-state index is 0.0772. The monoisotopic (exact) mass is 212 g/mol. The zero-order valence-corrected chi connectivity index (χ0v) is 9.83. The number of hydrogen-bond donors (Lipinski definition) is 3. The summed E-state index contributed by atoms with van der Waals surface area (Å²) in [4.78, 5) is 0. The third-order valence-electron chi connectivity index (χ3n) is 2.15. The molecule has 15 heavy (non-hydrogen) atoms. The number of aliphatic hydroxyl groups is 1. The number of nitrogens with two attached hydrogens (primary N) is 1. The predicted octanol–water partition coefficient (Wildman–Crippen LogP) is 0.933. The molecule has 0 bridgehead atoms. The second-order valence-electron chi connectivity index (χ2n) is 4.58. The first kappa shape index (κ1) is 11.8. The van der Waals surface area contributed by atoms with Crippen molar-refractivity contribution in [1.82, 2.24) is 9.78 Å². The first-order valence-corrected chi connectivity index (χ1v) is 5.08. The minimum atomic E-state index is -0.125. The van der Waals surface area contributed by atoms with E-state index in [0.717, 1.165) is 11.5 Å². The molecule has 0 fully saturated rings. The van der Waals surface area contributed by atoms with Gasteiger partial charge in [-0.2, -0.15) is 5.10 Å². The second-order valence-corrected chi connectivity index (χ2v) is 4.58. The highest BCUT2D eigenvalue weighted by atomic mass is 16.3. The Balaban J connectivity index is 3.10. The quantitative estimate of drug-likeness (QED) is 0.696. The normalized spacial score (nSPS) is 11.8. The van der Waals surface area contributed by atoms with Gasteiger partial charge in [-0.3, -0.25) is 0 Å². The van der Waals surface area contributed by atoms with Gasteiger partial charge in [0.2, 0.25) is 0 Å². The van der Waals surface area contributed by atoms with Crippen LogP contribution in [0.3, 0.4) is 0 Å². The van der Waals surface area contributed by atoms with Crippen molar-refractivity contribution in [2.24, 2.45) is 0 Å². The average molecular weight is 212 g/mol. The van der Waals surface area contributed by atoms with Crippen molar-refractivity contribution >= 4 is 11.5 Å². The number of aromatic nitrogens is 2. The molecule has 1 rings (SSSR count). The van der Waals surface area contributed by atoms with Crippen LogP contribution >= 0.6 is 0 Å². The third-order valence-corrected chi connectivity index (χ3v) is 2.15. The molecule has 0 aromatic carbocycles. The summed E-state index contributed by atoms with van der Waals surface area (Å²) in [5.74, 6) is 0.786. The van der Waals surface area contributed by atoms with Crippen LogP contribution in [0.2, 0.25) is 0 Å². The van der Waals surface area contributed by atoms with Crippen LogP contribution in [0.15, 0.2) is 0 Å². The number of nitrogens with zero attached hydrogens (tertiary/aromatic N) is 2. The van der Waals surface area contributed by atoms with Crippen molar-refractivity contribution in [2.75, 3.05) is 24.2 Å². The smallest absolute Gasteiger partial charge is 0.148 e. The second kappa shape index (κ2) is 4.10. The van der Waals surface area contributed by atoms with Gasteiger partial charge in [-0.15, -0.1) is 0 Å².